The van der Waals surface area contributed by atoms with Crippen LogP contribution in [-0.2, 0) is 6.54 Å². The highest BCUT2D eigenvalue weighted by molar-refractivity contribution is 5.14. The topological polar surface area (TPSA) is 52.0 Å². The number of rotatable bonds is 7. The third kappa shape index (κ3) is 4.10. The normalized spacial score (nSPS) is 14.6. The van der Waals surface area contributed by atoms with Gasteiger partial charge >= 0.3 is 0 Å². The minimum Gasteiger partial charge on any atom is -0.296 e. The predicted molar refractivity (Wildman–Crippen MR) is 68.5 cm³/mol. The van der Waals surface area contributed by atoms with Crippen LogP contribution in [0.25, 0.3) is 10.4 Å². The number of azide groups is 1. The summed E-state index contributed by atoms with van der Waals surface area (Å²) in [6.07, 6.45) is 3.58. The molecule has 1 saturated carbocycles. The minimum absolute atomic E-state index is 0.606. The van der Waals surface area contributed by atoms with Gasteiger partial charge in [-0.2, -0.15) is 0 Å². The first-order chi connectivity index (χ1) is 8.40. The summed E-state index contributed by atoms with van der Waals surface area (Å²) in [7, 11) is 0. The lowest BCUT2D eigenvalue weighted by molar-refractivity contribution is 0.253. The van der Waals surface area contributed by atoms with Crippen LogP contribution in [0.1, 0.15) is 24.8 Å². The first kappa shape index (κ1) is 12.0. The molecular formula is C13H18N4. The number of hydrogen-bond donors (Lipinski definition) is 0. The van der Waals surface area contributed by atoms with E-state index in [0.29, 0.717) is 6.54 Å². The molecule has 0 bridgehead atoms. The summed E-state index contributed by atoms with van der Waals surface area (Å²) in [6.45, 7) is 2.65. The van der Waals surface area contributed by atoms with E-state index in [9.17, 15) is 0 Å². The quantitative estimate of drug-likeness (QED) is 0.307. The van der Waals surface area contributed by atoms with Crippen molar-refractivity contribution in [2.75, 3.05) is 13.1 Å². The van der Waals surface area contributed by atoms with Gasteiger partial charge in [0.05, 0.1) is 0 Å². The Bertz CT molecular complexity index is 380. The molecule has 0 unspecified atom stereocenters. The second-order valence-corrected chi connectivity index (χ2v) is 4.50. The van der Waals surface area contributed by atoms with Crippen molar-refractivity contribution in [3.63, 3.8) is 0 Å². The molecule has 0 spiro atoms. The van der Waals surface area contributed by atoms with E-state index in [-0.39, 0.29) is 0 Å². The largest absolute Gasteiger partial charge is 0.296 e. The highest BCUT2D eigenvalue weighted by Crippen LogP contribution is 2.28. The lowest BCUT2D eigenvalue weighted by Gasteiger charge is -2.21. The van der Waals surface area contributed by atoms with Crippen LogP contribution in [0.2, 0.25) is 0 Å². The third-order valence-electron chi connectivity index (χ3n) is 3.06. The van der Waals surface area contributed by atoms with Crippen molar-refractivity contribution in [3.05, 3.63) is 46.3 Å². The zero-order chi connectivity index (χ0) is 11.9. The van der Waals surface area contributed by atoms with E-state index >= 15 is 0 Å². The molecule has 0 N–H and O–H groups in total. The van der Waals surface area contributed by atoms with Crippen molar-refractivity contribution >= 4 is 0 Å². The molecule has 0 radical (unpaired) electrons. The molecule has 0 heterocycles. The first-order valence-corrected chi connectivity index (χ1v) is 6.19. The summed E-state index contributed by atoms with van der Waals surface area (Å²) in [5.41, 5.74) is 9.60. The van der Waals surface area contributed by atoms with E-state index < -0.39 is 0 Å². The van der Waals surface area contributed by atoms with E-state index in [1.54, 1.807) is 0 Å². The molecule has 0 saturated heterocycles. The van der Waals surface area contributed by atoms with Gasteiger partial charge in [0.1, 0.15) is 0 Å². The smallest absolute Gasteiger partial charge is 0.0270 e. The SMILES string of the molecule is [N-]=[N+]=NCCCN(Cc1ccccc1)C1CC1. The van der Waals surface area contributed by atoms with Gasteiger partial charge in [-0.05, 0) is 36.9 Å². The maximum atomic E-state index is 8.23. The summed E-state index contributed by atoms with van der Waals surface area (Å²) in [5.74, 6) is 0. The summed E-state index contributed by atoms with van der Waals surface area (Å²) in [6, 6.07) is 11.3. The molecular weight excluding hydrogens is 212 g/mol. The Morgan fingerprint density at radius 1 is 1.29 bits per heavy atom. The molecule has 1 aliphatic rings. The number of nitrogens with zero attached hydrogens (tertiary/aromatic N) is 4. The van der Waals surface area contributed by atoms with E-state index in [4.69, 9.17) is 5.53 Å². The Morgan fingerprint density at radius 2 is 2.06 bits per heavy atom. The monoisotopic (exact) mass is 230 g/mol. The molecule has 1 fully saturated rings. The average molecular weight is 230 g/mol. The van der Waals surface area contributed by atoms with Gasteiger partial charge in [-0.25, -0.2) is 0 Å². The Morgan fingerprint density at radius 3 is 2.71 bits per heavy atom. The van der Waals surface area contributed by atoms with Gasteiger partial charge in [0.2, 0.25) is 0 Å². The molecule has 4 nitrogen and oxygen atoms in total. The molecule has 0 aromatic heterocycles. The van der Waals surface area contributed by atoms with Gasteiger partial charge < -0.3 is 0 Å². The molecule has 0 atom stereocenters. The summed E-state index contributed by atoms with van der Waals surface area (Å²) in [5, 5.41) is 3.58. The second kappa shape index (κ2) is 6.28. The predicted octanol–water partition coefficient (Wildman–Crippen LogP) is 3.35. The zero-order valence-corrected chi connectivity index (χ0v) is 10.00. The number of benzene rings is 1. The fourth-order valence-electron chi connectivity index (χ4n) is 2.04. The van der Waals surface area contributed by atoms with Crippen LogP contribution in [0.3, 0.4) is 0 Å². The van der Waals surface area contributed by atoms with E-state index in [2.05, 4.69) is 39.2 Å². The molecule has 90 valence electrons. The minimum atomic E-state index is 0.606. The van der Waals surface area contributed by atoms with Crippen molar-refractivity contribution in [1.82, 2.24) is 4.90 Å². The summed E-state index contributed by atoms with van der Waals surface area (Å²) >= 11 is 0. The molecule has 1 aromatic carbocycles. The van der Waals surface area contributed by atoms with Crippen LogP contribution in [0.15, 0.2) is 35.4 Å². The van der Waals surface area contributed by atoms with Crippen molar-refractivity contribution < 1.29 is 0 Å². The van der Waals surface area contributed by atoms with Gasteiger partial charge in [0.25, 0.3) is 0 Å². The van der Waals surface area contributed by atoms with Crippen LogP contribution in [-0.4, -0.2) is 24.0 Å². The third-order valence-corrected chi connectivity index (χ3v) is 3.06. The van der Waals surface area contributed by atoms with Gasteiger partial charge in [-0.15, -0.1) is 0 Å². The fraction of sp³-hybridized carbons (Fsp3) is 0.538. The van der Waals surface area contributed by atoms with E-state index in [1.165, 1.54) is 18.4 Å². The van der Waals surface area contributed by atoms with E-state index in [0.717, 1.165) is 25.6 Å². The lowest BCUT2D eigenvalue weighted by Crippen LogP contribution is -2.27. The molecule has 4 heteroatoms. The van der Waals surface area contributed by atoms with Crippen molar-refractivity contribution in [3.8, 4) is 0 Å². The summed E-state index contributed by atoms with van der Waals surface area (Å²) < 4.78 is 0. The Balaban J connectivity index is 1.82. The van der Waals surface area contributed by atoms with E-state index in [1.807, 2.05) is 6.07 Å². The molecule has 0 aliphatic heterocycles. The number of hydrogen-bond acceptors (Lipinski definition) is 2. The maximum absolute atomic E-state index is 8.23. The van der Waals surface area contributed by atoms with Gasteiger partial charge in [0.15, 0.2) is 0 Å². The van der Waals surface area contributed by atoms with Crippen molar-refractivity contribution in [1.29, 1.82) is 0 Å². The summed E-state index contributed by atoms with van der Waals surface area (Å²) in [4.78, 5) is 5.29. The Hall–Kier alpha value is -1.51. The second-order valence-electron chi connectivity index (χ2n) is 4.50. The molecule has 17 heavy (non-hydrogen) atoms. The van der Waals surface area contributed by atoms with Crippen LogP contribution in [0.5, 0.6) is 0 Å². The average Bonchev–Trinajstić information content (AvgIpc) is 3.19. The molecule has 1 aliphatic carbocycles. The van der Waals surface area contributed by atoms with Crippen molar-refractivity contribution in [2.45, 2.75) is 31.8 Å². The highest BCUT2D eigenvalue weighted by Gasteiger charge is 2.28. The van der Waals surface area contributed by atoms with Crippen LogP contribution >= 0.6 is 0 Å². The van der Waals surface area contributed by atoms with Gasteiger partial charge in [-0.3, -0.25) is 4.90 Å². The highest BCUT2D eigenvalue weighted by atomic mass is 15.2. The molecule has 2 rings (SSSR count). The Kier molecular flexibility index (Phi) is 4.42. The fourth-order valence-corrected chi connectivity index (χ4v) is 2.04. The first-order valence-electron chi connectivity index (χ1n) is 6.19. The van der Waals surface area contributed by atoms with Crippen molar-refractivity contribution in [2.24, 2.45) is 5.11 Å². The standard InChI is InChI=1S/C13H18N4/c14-16-15-9-4-10-17(13-7-8-13)11-12-5-2-1-3-6-12/h1-3,5-6,13H,4,7-11H2. The van der Waals surface area contributed by atoms with Crippen LogP contribution in [0, 0.1) is 0 Å². The molecule has 0 amide bonds. The van der Waals surface area contributed by atoms with Gasteiger partial charge in [-0.1, -0.05) is 35.4 Å². The van der Waals surface area contributed by atoms with Gasteiger partial charge in [0, 0.05) is 24.0 Å². The lowest BCUT2D eigenvalue weighted by atomic mass is 10.2. The van der Waals surface area contributed by atoms with Crippen LogP contribution < -0.4 is 0 Å². The zero-order valence-electron chi connectivity index (χ0n) is 10.00. The maximum Gasteiger partial charge on any atom is 0.0270 e. The Labute approximate surface area is 102 Å². The molecule has 1 aromatic rings. The van der Waals surface area contributed by atoms with Crippen LogP contribution in [0.4, 0.5) is 0 Å².